The molecule has 80 valence electrons. The first kappa shape index (κ1) is 10.2. The van der Waals surface area contributed by atoms with Crippen LogP contribution < -0.4 is 9.47 Å². The Bertz CT molecular complexity index is 573. The topological polar surface area (TPSA) is 55.1 Å². The summed E-state index contributed by atoms with van der Waals surface area (Å²) in [5.41, 5.74) is 0.503. The number of nitrogens with zero attached hydrogens (tertiary/aromatic N) is 2. The fourth-order valence-electron chi connectivity index (χ4n) is 1.59. The Morgan fingerprint density at radius 1 is 1.25 bits per heavy atom. The molecule has 0 radical (unpaired) electrons. The Morgan fingerprint density at radius 2 is 2.06 bits per heavy atom. The van der Waals surface area contributed by atoms with Gasteiger partial charge in [-0.05, 0) is 23.6 Å². The molecule has 16 heavy (non-hydrogen) atoms. The molecule has 0 saturated carbocycles. The lowest BCUT2D eigenvalue weighted by atomic mass is 10.1. The SMILES string of the molecule is COc1cc2c(OC)nccc2cc1C#N. The van der Waals surface area contributed by atoms with Crippen LogP contribution in [-0.2, 0) is 0 Å². The van der Waals surface area contributed by atoms with Crippen molar-refractivity contribution in [3.05, 3.63) is 30.0 Å². The fourth-order valence-corrected chi connectivity index (χ4v) is 1.59. The Labute approximate surface area is 93.0 Å². The highest BCUT2D eigenvalue weighted by Gasteiger charge is 2.08. The van der Waals surface area contributed by atoms with Gasteiger partial charge in [0.25, 0.3) is 0 Å². The molecule has 0 N–H and O–H groups in total. The van der Waals surface area contributed by atoms with E-state index in [1.807, 2.05) is 6.07 Å². The lowest BCUT2D eigenvalue weighted by Gasteiger charge is -2.07. The summed E-state index contributed by atoms with van der Waals surface area (Å²) in [7, 11) is 3.09. The Morgan fingerprint density at radius 3 is 2.69 bits per heavy atom. The van der Waals surface area contributed by atoms with Crippen molar-refractivity contribution in [1.29, 1.82) is 5.26 Å². The minimum absolute atomic E-state index is 0.503. The number of methoxy groups -OCH3 is 2. The van der Waals surface area contributed by atoms with E-state index < -0.39 is 0 Å². The van der Waals surface area contributed by atoms with E-state index in [0.717, 1.165) is 10.8 Å². The second-order valence-corrected chi connectivity index (χ2v) is 3.21. The van der Waals surface area contributed by atoms with Crippen LogP contribution in [0.2, 0.25) is 0 Å². The van der Waals surface area contributed by atoms with Gasteiger partial charge < -0.3 is 9.47 Å². The molecule has 4 nitrogen and oxygen atoms in total. The molecular weight excluding hydrogens is 204 g/mol. The first-order chi connectivity index (χ1) is 7.80. The number of pyridine rings is 1. The quantitative estimate of drug-likeness (QED) is 0.768. The van der Waals surface area contributed by atoms with Gasteiger partial charge in [0.05, 0.1) is 19.8 Å². The van der Waals surface area contributed by atoms with E-state index in [9.17, 15) is 0 Å². The summed E-state index contributed by atoms with van der Waals surface area (Å²) in [5.74, 6) is 1.06. The van der Waals surface area contributed by atoms with Crippen LogP contribution in [0.25, 0.3) is 10.8 Å². The molecule has 2 aromatic rings. The van der Waals surface area contributed by atoms with Crippen LogP contribution in [0.15, 0.2) is 24.4 Å². The maximum atomic E-state index is 8.96. The van der Waals surface area contributed by atoms with Gasteiger partial charge in [0, 0.05) is 11.6 Å². The summed E-state index contributed by atoms with van der Waals surface area (Å²) in [6.45, 7) is 0. The first-order valence-electron chi connectivity index (χ1n) is 4.71. The van der Waals surface area contributed by atoms with Crippen LogP contribution >= 0.6 is 0 Å². The molecule has 4 heteroatoms. The van der Waals surface area contributed by atoms with E-state index in [0.29, 0.717) is 17.2 Å². The van der Waals surface area contributed by atoms with Crippen molar-refractivity contribution in [2.24, 2.45) is 0 Å². The average molecular weight is 214 g/mol. The van der Waals surface area contributed by atoms with E-state index in [1.165, 1.54) is 7.11 Å². The third kappa shape index (κ3) is 1.52. The second-order valence-electron chi connectivity index (χ2n) is 3.21. The smallest absolute Gasteiger partial charge is 0.221 e. The highest BCUT2D eigenvalue weighted by molar-refractivity contribution is 5.89. The van der Waals surface area contributed by atoms with Gasteiger partial charge in [0.1, 0.15) is 11.8 Å². The first-order valence-corrected chi connectivity index (χ1v) is 4.71. The van der Waals surface area contributed by atoms with E-state index in [4.69, 9.17) is 14.7 Å². The summed E-state index contributed by atoms with van der Waals surface area (Å²) in [4.78, 5) is 4.10. The molecule has 0 spiro atoms. The van der Waals surface area contributed by atoms with E-state index in [2.05, 4.69) is 11.1 Å². The third-order valence-electron chi connectivity index (χ3n) is 2.36. The molecule has 1 aromatic heterocycles. The molecular formula is C12H10N2O2. The Kier molecular flexibility index (Phi) is 2.61. The minimum Gasteiger partial charge on any atom is -0.495 e. The fraction of sp³-hybridized carbons (Fsp3) is 0.167. The van der Waals surface area contributed by atoms with Gasteiger partial charge in [0.15, 0.2) is 0 Å². The molecule has 1 aromatic carbocycles. The van der Waals surface area contributed by atoms with Crippen molar-refractivity contribution in [2.75, 3.05) is 14.2 Å². The number of nitriles is 1. The maximum absolute atomic E-state index is 8.96. The van der Waals surface area contributed by atoms with Crippen LogP contribution in [0.4, 0.5) is 0 Å². The summed E-state index contributed by atoms with van der Waals surface area (Å²) >= 11 is 0. The highest BCUT2D eigenvalue weighted by Crippen LogP contribution is 2.29. The molecule has 0 amide bonds. The number of hydrogen-bond donors (Lipinski definition) is 0. The predicted molar refractivity (Wildman–Crippen MR) is 59.6 cm³/mol. The number of benzene rings is 1. The zero-order valence-corrected chi connectivity index (χ0v) is 9.02. The summed E-state index contributed by atoms with van der Waals surface area (Å²) in [5, 5.41) is 10.7. The summed E-state index contributed by atoms with van der Waals surface area (Å²) < 4.78 is 10.3. The van der Waals surface area contributed by atoms with Crippen molar-refractivity contribution in [3.8, 4) is 17.7 Å². The number of hydrogen-bond acceptors (Lipinski definition) is 4. The van der Waals surface area contributed by atoms with Gasteiger partial charge in [-0.25, -0.2) is 4.98 Å². The molecule has 0 unspecified atom stereocenters. The maximum Gasteiger partial charge on any atom is 0.221 e. The van der Waals surface area contributed by atoms with Crippen molar-refractivity contribution in [2.45, 2.75) is 0 Å². The summed E-state index contributed by atoms with van der Waals surface area (Å²) in [6.07, 6.45) is 1.65. The monoisotopic (exact) mass is 214 g/mol. The molecule has 0 atom stereocenters. The molecule has 1 heterocycles. The van der Waals surface area contributed by atoms with Crippen molar-refractivity contribution in [3.63, 3.8) is 0 Å². The van der Waals surface area contributed by atoms with Crippen LogP contribution in [0.3, 0.4) is 0 Å². The van der Waals surface area contributed by atoms with E-state index in [-0.39, 0.29) is 0 Å². The van der Waals surface area contributed by atoms with Gasteiger partial charge in [-0.15, -0.1) is 0 Å². The molecule has 0 saturated heterocycles. The van der Waals surface area contributed by atoms with Gasteiger partial charge in [-0.2, -0.15) is 5.26 Å². The van der Waals surface area contributed by atoms with E-state index in [1.54, 1.807) is 25.4 Å². The zero-order chi connectivity index (χ0) is 11.5. The number of fused-ring (bicyclic) bond motifs is 1. The number of aromatic nitrogens is 1. The van der Waals surface area contributed by atoms with Crippen molar-refractivity contribution >= 4 is 10.8 Å². The zero-order valence-electron chi connectivity index (χ0n) is 9.02. The largest absolute Gasteiger partial charge is 0.495 e. The molecule has 0 fully saturated rings. The lowest BCUT2D eigenvalue weighted by Crippen LogP contribution is -1.92. The second kappa shape index (κ2) is 4.07. The van der Waals surface area contributed by atoms with Crippen LogP contribution in [0.5, 0.6) is 11.6 Å². The number of ether oxygens (including phenoxy) is 2. The third-order valence-corrected chi connectivity index (χ3v) is 2.36. The van der Waals surface area contributed by atoms with Crippen molar-refractivity contribution < 1.29 is 9.47 Å². The Hall–Kier alpha value is -2.28. The van der Waals surface area contributed by atoms with Gasteiger partial charge in [-0.3, -0.25) is 0 Å². The standard InChI is InChI=1S/C12H10N2O2/c1-15-11-6-10-8(5-9(11)7-13)3-4-14-12(10)16-2/h3-6H,1-2H3. The van der Waals surface area contributed by atoms with Crippen LogP contribution in [0, 0.1) is 11.3 Å². The molecule has 0 aliphatic heterocycles. The lowest BCUT2D eigenvalue weighted by molar-refractivity contribution is 0.401. The van der Waals surface area contributed by atoms with Gasteiger partial charge in [-0.1, -0.05) is 0 Å². The van der Waals surface area contributed by atoms with Crippen LogP contribution in [-0.4, -0.2) is 19.2 Å². The van der Waals surface area contributed by atoms with Crippen LogP contribution in [0.1, 0.15) is 5.56 Å². The van der Waals surface area contributed by atoms with E-state index >= 15 is 0 Å². The summed E-state index contributed by atoms with van der Waals surface area (Å²) in [6, 6.07) is 7.45. The molecule has 2 rings (SSSR count). The predicted octanol–water partition coefficient (Wildman–Crippen LogP) is 2.12. The van der Waals surface area contributed by atoms with Crippen molar-refractivity contribution in [1.82, 2.24) is 4.98 Å². The molecule has 0 aliphatic carbocycles. The normalized spacial score (nSPS) is 9.81. The highest BCUT2D eigenvalue weighted by atomic mass is 16.5. The minimum atomic E-state index is 0.503. The Balaban J connectivity index is 2.79. The van der Waals surface area contributed by atoms with Gasteiger partial charge in [0.2, 0.25) is 5.88 Å². The number of rotatable bonds is 2. The molecule has 0 bridgehead atoms. The molecule has 0 aliphatic rings. The average Bonchev–Trinajstić information content (AvgIpc) is 2.36. The van der Waals surface area contributed by atoms with Gasteiger partial charge >= 0.3 is 0 Å².